The van der Waals surface area contributed by atoms with E-state index in [9.17, 15) is 5.11 Å². The third-order valence-electron chi connectivity index (χ3n) is 4.18. The molecule has 20 heavy (non-hydrogen) atoms. The first-order valence-electron chi connectivity index (χ1n) is 8.72. The molecule has 0 saturated heterocycles. The van der Waals surface area contributed by atoms with Crippen LogP contribution in [0.2, 0.25) is 3.43 Å². The Balaban J connectivity index is 4.90. The van der Waals surface area contributed by atoms with Crippen LogP contribution in [0.5, 0.6) is 0 Å². The molecular formula is C18H36OSn. The third kappa shape index (κ3) is 8.71. The number of unbranched alkanes of at least 4 members (excludes halogenated alkanes) is 3. The van der Waals surface area contributed by atoms with Crippen molar-refractivity contribution in [3.05, 3.63) is 9.67 Å². The van der Waals surface area contributed by atoms with E-state index in [-0.39, 0.29) is 0 Å². The van der Waals surface area contributed by atoms with Gasteiger partial charge >= 0.3 is 138 Å². The summed E-state index contributed by atoms with van der Waals surface area (Å²) in [6.45, 7) is 9.47. The third-order valence-corrected chi connectivity index (χ3v) is 10.3. The van der Waals surface area contributed by atoms with Crippen LogP contribution in [0.25, 0.3) is 0 Å². The van der Waals surface area contributed by atoms with Crippen molar-refractivity contribution in [2.45, 2.75) is 95.3 Å². The molecule has 0 aromatic heterocycles. The van der Waals surface area contributed by atoms with Gasteiger partial charge in [0.05, 0.1) is 0 Å². The Morgan fingerprint density at radius 3 is 1.70 bits per heavy atom. The molecule has 0 bridgehead atoms. The summed E-state index contributed by atoms with van der Waals surface area (Å²) in [5, 5.41) is 9.28. The van der Waals surface area contributed by atoms with Crippen molar-refractivity contribution < 1.29 is 5.11 Å². The van der Waals surface area contributed by atoms with Crippen molar-refractivity contribution >= 4 is 21.1 Å². The average Bonchev–Trinajstić information content (AvgIpc) is 2.48. The number of aliphatic hydroxyl groups is 1. The number of hydrogen-bond acceptors (Lipinski definition) is 1. The van der Waals surface area contributed by atoms with E-state index in [1.165, 1.54) is 57.8 Å². The summed E-state index contributed by atoms with van der Waals surface area (Å²) in [5.41, 5.74) is 0. The fourth-order valence-corrected chi connectivity index (χ4v) is 8.46. The van der Waals surface area contributed by atoms with Crippen molar-refractivity contribution in [2.24, 2.45) is 0 Å². The Morgan fingerprint density at radius 1 is 0.950 bits per heavy atom. The van der Waals surface area contributed by atoms with Crippen LogP contribution in [0.15, 0.2) is 9.67 Å². The maximum atomic E-state index is 9.28. The van der Waals surface area contributed by atoms with E-state index >= 15 is 0 Å². The van der Waals surface area contributed by atoms with Gasteiger partial charge in [-0.2, -0.15) is 0 Å². The quantitative estimate of drug-likeness (QED) is 0.402. The van der Waals surface area contributed by atoms with Gasteiger partial charge in [-0.3, -0.25) is 0 Å². The Kier molecular flexibility index (Phi) is 13.5. The fourth-order valence-electron chi connectivity index (χ4n) is 2.85. The van der Waals surface area contributed by atoms with Crippen LogP contribution in [0, 0.1) is 0 Å². The van der Waals surface area contributed by atoms with Crippen molar-refractivity contribution in [3.63, 3.8) is 0 Å². The number of aliphatic hydroxyl groups excluding tert-OH is 1. The molecule has 0 heterocycles. The second-order valence-electron chi connectivity index (χ2n) is 6.00. The van der Waals surface area contributed by atoms with E-state index in [4.69, 9.17) is 0 Å². The molecule has 0 spiro atoms. The van der Waals surface area contributed by atoms with Gasteiger partial charge < -0.3 is 0 Å². The van der Waals surface area contributed by atoms with Crippen LogP contribution < -0.4 is 0 Å². The molecule has 0 aliphatic heterocycles. The van der Waals surface area contributed by atoms with Gasteiger partial charge in [0, 0.05) is 0 Å². The van der Waals surface area contributed by atoms with Gasteiger partial charge in [0.1, 0.15) is 0 Å². The zero-order valence-electron chi connectivity index (χ0n) is 14.3. The van der Waals surface area contributed by atoms with E-state index in [1.54, 1.807) is 3.59 Å². The molecule has 2 radical (unpaired) electrons. The summed E-state index contributed by atoms with van der Waals surface area (Å²) in [6, 6.07) is 0. The van der Waals surface area contributed by atoms with Crippen molar-refractivity contribution in [1.82, 2.24) is 0 Å². The van der Waals surface area contributed by atoms with Crippen LogP contribution in [0.3, 0.4) is 0 Å². The predicted molar refractivity (Wildman–Crippen MR) is 92.5 cm³/mol. The summed E-state index contributed by atoms with van der Waals surface area (Å²) in [7, 11) is 0. The van der Waals surface area contributed by atoms with Crippen molar-refractivity contribution in [1.29, 1.82) is 0 Å². The molecule has 0 rings (SSSR count). The molecule has 0 aromatic rings. The second-order valence-corrected chi connectivity index (χ2v) is 11.6. The standard InChI is InChI=1S/C13H27.C5H9O.Sn/c1-4-7-10-13(11-8-5-2)12-9-6-3;1-2-3-4-5-6;/h4-12H2,1-3H3;2,6H,4-5H2,1H3;. The van der Waals surface area contributed by atoms with Gasteiger partial charge in [0.15, 0.2) is 0 Å². The molecule has 1 N–H and O–H groups in total. The number of allylic oxidation sites excluding steroid dienone is 1. The first-order chi connectivity index (χ1) is 9.67. The molecule has 1 nitrogen and oxygen atoms in total. The zero-order chi connectivity index (χ0) is 15.3. The first kappa shape index (κ1) is 20.5. The van der Waals surface area contributed by atoms with Gasteiger partial charge in [-0.05, 0) is 0 Å². The zero-order valence-corrected chi connectivity index (χ0v) is 17.2. The van der Waals surface area contributed by atoms with Crippen LogP contribution in [0.4, 0.5) is 0 Å². The van der Waals surface area contributed by atoms with Crippen molar-refractivity contribution in [3.8, 4) is 0 Å². The molecule has 0 unspecified atom stereocenters. The minimum atomic E-state index is -0.563. The Labute approximate surface area is 137 Å². The van der Waals surface area contributed by atoms with Gasteiger partial charge in [-0.25, -0.2) is 0 Å². The van der Waals surface area contributed by atoms with E-state index in [0.29, 0.717) is 10.0 Å². The van der Waals surface area contributed by atoms with E-state index in [0.717, 1.165) is 6.42 Å². The molecule has 0 saturated carbocycles. The topological polar surface area (TPSA) is 20.2 Å². The van der Waals surface area contributed by atoms with Gasteiger partial charge in [0.25, 0.3) is 0 Å². The predicted octanol–water partition coefficient (Wildman–Crippen LogP) is 5.71. The first-order valence-corrected chi connectivity index (χ1v) is 11.6. The molecular weight excluding hydrogens is 351 g/mol. The number of rotatable bonds is 13. The summed E-state index contributed by atoms with van der Waals surface area (Å²) in [5.74, 6) is 0. The monoisotopic (exact) mass is 388 g/mol. The van der Waals surface area contributed by atoms with Crippen LogP contribution in [-0.2, 0) is 0 Å². The molecule has 0 amide bonds. The molecule has 0 atom stereocenters. The maximum absolute atomic E-state index is 9.28. The summed E-state index contributed by atoms with van der Waals surface area (Å²) in [4.78, 5) is 0. The van der Waals surface area contributed by atoms with Crippen LogP contribution in [-0.4, -0.2) is 32.9 Å². The molecule has 0 aromatic carbocycles. The van der Waals surface area contributed by atoms with E-state index < -0.39 is 21.1 Å². The molecule has 0 fully saturated rings. The SMILES string of the molecule is C/C=[C](/CCO)[Sn][C](CCCC)(CCCC)CCCC. The molecule has 2 heteroatoms. The van der Waals surface area contributed by atoms with Crippen molar-refractivity contribution in [2.75, 3.05) is 6.61 Å². The van der Waals surface area contributed by atoms with Gasteiger partial charge in [-0.15, -0.1) is 0 Å². The second kappa shape index (κ2) is 13.2. The number of hydrogen-bond donors (Lipinski definition) is 1. The van der Waals surface area contributed by atoms with E-state index in [2.05, 4.69) is 33.8 Å². The normalized spacial score (nSPS) is 12.9. The Hall–Kier alpha value is 0.499. The summed E-state index contributed by atoms with van der Waals surface area (Å²) in [6.07, 6.45) is 15.7. The van der Waals surface area contributed by atoms with Gasteiger partial charge in [0.2, 0.25) is 0 Å². The van der Waals surface area contributed by atoms with Crippen LogP contribution in [0.1, 0.15) is 91.9 Å². The molecule has 0 aliphatic rings. The molecule has 0 aliphatic carbocycles. The Bertz CT molecular complexity index is 226. The molecule has 118 valence electrons. The average molecular weight is 387 g/mol. The van der Waals surface area contributed by atoms with E-state index in [1.807, 2.05) is 0 Å². The Morgan fingerprint density at radius 2 is 1.40 bits per heavy atom. The summed E-state index contributed by atoms with van der Waals surface area (Å²) >= 11 is -0.563. The minimum absolute atomic E-state index is 0.339. The fraction of sp³-hybridized carbons (Fsp3) is 0.889. The van der Waals surface area contributed by atoms with Gasteiger partial charge in [-0.1, -0.05) is 0 Å². The van der Waals surface area contributed by atoms with Crippen LogP contribution >= 0.6 is 0 Å². The summed E-state index contributed by atoms with van der Waals surface area (Å²) < 4.78 is 2.31.